The number of anilines is 1. The molecule has 0 aliphatic heterocycles. The number of hydrogen-bond donors (Lipinski definition) is 1. The number of rotatable bonds is 4. The maximum absolute atomic E-state index is 12.5. The van der Waals surface area contributed by atoms with Crippen LogP contribution in [0.2, 0.25) is 0 Å². The lowest BCUT2D eigenvalue weighted by molar-refractivity contribution is 0.101. The number of para-hydroxylation sites is 1. The molecule has 1 aromatic carbocycles. The molecule has 0 spiro atoms. The van der Waals surface area contributed by atoms with Crippen LogP contribution in [0.4, 0.5) is 5.13 Å². The molecule has 1 amide bonds. The van der Waals surface area contributed by atoms with Crippen molar-refractivity contribution in [2.45, 2.75) is 25.7 Å². The van der Waals surface area contributed by atoms with Gasteiger partial charge in [0.15, 0.2) is 5.69 Å². The second kappa shape index (κ2) is 6.21. The van der Waals surface area contributed by atoms with E-state index in [0.717, 1.165) is 23.5 Å². The molecular weight excluding hydrogens is 338 g/mol. The fourth-order valence-electron chi connectivity index (χ4n) is 2.47. The van der Waals surface area contributed by atoms with Crippen molar-refractivity contribution >= 4 is 22.4 Å². The molecule has 4 rings (SSSR count). The van der Waals surface area contributed by atoms with Crippen LogP contribution in [0.25, 0.3) is 5.69 Å². The van der Waals surface area contributed by atoms with Crippen molar-refractivity contribution in [3.63, 3.8) is 0 Å². The summed E-state index contributed by atoms with van der Waals surface area (Å²) in [5.74, 6) is -0.107. The van der Waals surface area contributed by atoms with Crippen molar-refractivity contribution in [3.05, 3.63) is 63.0 Å². The number of benzene rings is 1. The molecule has 25 heavy (non-hydrogen) atoms. The molecule has 1 aliphatic carbocycles. The van der Waals surface area contributed by atoms with E-state index in [1.807, 2.05) is 30.3 Å². The number of carbonyl (C=O) groups excluding carboxylic acids is 1. The Morgan fingerprint density at radius 2 is 2.00 bits per heavy atom. The highest BCUT2D eigenvalue weighted by molar-refractivity contribution is 7.15. The predicted octanol–water partition coefficient (Wildman–Crippen LogP) is 2.52. The summed E-state index contributed by atoms with van der Waals surface area (Å²) in [6, 6.07) is 10.8. The minimum atomic E-state index is -0.576. The molecule has 1 aliphatic rings. The number of nitrogens with one attached hydrogen (secondary N) is 1. The molecule has 0 unspecified atom stereocenters. The lowest BCUT2D eigenvalue weighted by Gasteiger charge is -2.10. The molecule has 126 valence electrons. The summed E-state index contributed by atoms with van der Waals surface area (Å²) in [7, 11) is 0. The van der Waals surface area contributed by atoms with Crippen molar-refractivity contribution in [1.82, 2.24) is 20.0 Å². The van der Waals surface area contributed by atoms with Crippen molar-refractivity contribution in [1.29, 1.82) is 0 Å². The Balaban J connectivity index is 1.64. The summed E-state index contributed by atoms with van der Waals surface area (Å²) in [4.78, 5) is 24.7. The second-order valence-electron chi connectivity index (χ2n) is 5.92. The molecule has 2 aromatic heterocycles. The van der Waals surface area contributed by atoms with Gasteiger partial charge in [0.2, 0.25) is 10.6 Å². The van der Waals surface area contributed by atoms with Crippen LogP contribution >= 0.6 is 11.3 Å². The summed E-state index contributed by atoms with van der Waals surface area (Å²) in [6.45, 7) is 1.77. The van der Waals surface area contributed by atoms with Gasteiger partial charge < -0.3 is 0 Å². The lowest BCUT2D eigenvalue weighted by atomic mass is 10.3. The Bertz CT molecular complexity index is 992. The van der Waals surface area contributed by atoms with Crippen molar-refractivity contribution in [2.75, 3.05) is 5.32 Å². The van der Waals surface area contributed by atoms with Gasteiger partial charge in [-0.25, -0.2) is 4.68 Å². The molecule has 0 radical (unpaired) electrons. The van der Waals surface area contributed by atoms with Crippen LogP contribution in [-0.4, -0.2) is 25.9 Å². The molecule has 0 atom stereocenters. The zero-order valence-corrected chi connectivity index (χ0v) is 14.3. The number of amides is 1. The second-order valence-corrected chi connectivity index (χ2v) is 6.93. The molecule has 0 bridgehead atoms. The summed E-state index contributed by atoms with van der Waals surface area (Å²) in [6.07, 6.45) is 2.23. The predicted molar refractivity (Wildman–Crippen MR) is 94.4 cm³/mol. The topological polar surface area (TPSA) is 89.8 Å². The van der Waals surface area contributed by atoms with Gasteiger partial charge in [0, 0.05) is 17.7 Å². The maximum Gasteiger partial charge on any atom is 0.282 e. The van der Waals surface area contributed by atoms with Gasteiger partial charge in [-0.2, -0.15) is 5.10 Å². The quantitative estimate of drug-likeness (QED) is 0.778. The molecule has 1 saturated carbocycles. The maximum atomic E-state index is 12.5. The molecule has 7 nitrogen and oxygen atoms in total. The van der Waals surface area contributed by atoms with Crippen molar-refractivity contribution in [2.24, 2.45) is 0 Å². The van der Waals surface area contributed by atoms with Gasteiger partial charge in [-0.3, -0.25) is 14.9 Å². The third kappa shape index (κ3) is 3.20. The van der Waals surface area contributed by atoms with Gasteiger partial charge >= 0.3 is 0 Å². The number of carbonyl (C=O) groups is 1. The van der Waals surface area contributed by atoms with Gasteiger partial charge in [-0.05, 0) is 31.9 Å². The first-order chi connectivity index (χ1) is 12.1. The van der Waals surface area contributed by atoms with Crippen LogP contribution in [0, 0.1) is 6.92 Å². The summed E-state index contributed by atoms with van der Waals surface area (Å²) in [5.41, 5.74) is 0.840. The van der Waals surface area contributed by atoms with Gasteiger partial charge in [0.25, 0.3) is 5.91 Å². The summed E-state index contributed by atoms with van der Waals surface area (Å²) >= 11 is 1.35. The van der Waals surface area contributed by atoms with E-state index in [1.165, 1.54) is 17.4 Å². The molecule has 2 heterocycles. The average Bonchev–Trinajstić information content (AvgIpc) is 3.35. The van der Waals surface area contributed by atoms with E-state index in [4.69, 9.17) is 0 Å². The SMILES string of the molecule is Cc1cc(=O)c(C(=O)Nc2nnc(C3CC3)s2)nn1-c1ccccc1. The van der Waals surface area contributed by atoms with Crippen LogP contribution in [0.15, 0.2) is 41.2 Å². The van der Waals surface area contributed by atoms with Crippen molar-refractivity contribution < 1.29 is 4.79 Å². The lowest BCUT2D eigenvalue weighted by Crippen LogP contribution is -2.26. The van der Waals surface area contributed by atoms with Gasteiger partial charge in [0.05, 0.1) is 5.69 Å². The molecular formula is C17H15N5O2S. The van der Waals surface area contributed by atoms with Gasteiger partial charge in [-0.1, -0.05) is 29.5 Å². The number of aromatic nitrogens is 4. The van der Waals surface area contributed by atoms with Crippen LogP contribution in [0.3, 0.4) is 0 Å². The van der Waals surface area contributed by atoms with E-state index >= 15 is 0 Å². The summed E-state index contributed by atoms with van der Waals surface area (Å²) < 4.78 is 1.58. The highest BCUT2D eigenvalue weighted by Gasteiger charge is 2.28. The van der Waals surface area contributed by atoms with Crippen LogP contribution in [0.1, 0.15) is 39.9 Å². The van der Waals surface area contributed by atoms with E-state index < -0.39 is 11.3 Å². The smallest absolute Gasteiger partial charge is 0.282 e. The first-order valence-electron chi connectivity index (χ1n) is 7.93. The average molecular weight is 353 g/mol. The van der Waals surface area contributed by atoms with E-state index in [1.54, 1.807) is 11.6 Å². The zero-order valence-electron chi connectivity index (χ0n) is 13.5. The largest absolute Gasteiger partial charge is 0.295 e. The molecule has 0 saturated heterocycles. The van der Waals surface area contributed by atoms with E-state index in [2.05, 4.69) is 20.6 Å². The third-order valence-electron chi connectivity index (χ3n) is 3.91. The fourth-order valence-corrected chi connectivity index (χ4v) is 3.38. The van der Waals surface area contributed by atoms with Crippen LogP contribution in [0.5, 0.6) is 0 Å². The first-order valence-corrected chi connectivity index (χ1v) is 8.74. The molecule has 1 N–H and O–H groups in total. The van der Waals surface area contributed by atoms with E-state index in [0.29, 0.717) is 16.7 Å². The zero-order chi connectivity index (χ0) is 17.4. The molecule has 3 aromatic rings. The van der Waals surface area contributed by atoms with Crippen LogP contribution < -0.4 is 10.7 Å². The highest BCUT2D eigenvalue weighted by Crippen LogP contribution is 2.42. The summed E-state index contributed by atoms with van der Waals surface area (Å²) in [5, 5.41) is 16.2. The third-order valence-corrected chi connectivity index (χ3v) is 4.91. The van der Waals surface area contributed by atoms with Gasteiger partial charge in [0.1, 0.15) is 5.01 Å². The molecule has 8 heteroatoms. The monoisotopic (exact) mass is 353 g/mol. The minimum absolute atomic E-state index is 0.169. The Labute approximate surface area is 147 Å². The Kier molecular flexibility index (Phi) is 3.89. The number of nitrogens with zero attached hydrogens (tertiary/aromatic N) is 4. The normalized spacial score (nSPS) is 13.6. The Morgan fingerprint density at radius 3 is 2.72 bits per heavy atom. The first kappa shape index (κ1) is 15.6. The van der Waals surface area contributed by atoms with E-state index in [9.17, 15) is 9.59 Å². The minimum Gasteiger partial charge on any atom is -0.295 e. The number of hydrogen-bond acceptors (Lipinski definition) is 6. The highest BCUT2D eigenvalue weighted by atomic mass is 32.1. The standard InChI is InChI=1S/C17H15N5O2S/c1-10-9-13(23)14(21-22(10)12-5-3-2-4-6-12)15(24)18-17-20-19-16(25-17)11-7-8-11/h2-6,9,11H,7-8H2,1H3,(H,18,20,24). The Hall–Kier alpha value is -2.87. The van der Waals surface area contributed by atoms with E-state index in [-0.39, 0.29) is 5.69 Å². The Morgan fingerprint density at radius 1 is 1.24 bits per heavy atom. The van der Waals surface area contributed by atoms with Gasteiger partial charge in [-0.15, -0.1) is 10.2 Å². The molecule has 1 fully saturated rings. The fraction of sp³-hybridized carbons (Fsp3) is 0.235. The number of aryl methyl sites for hydroxylation is 1. The van der Waals surface area contributed by atoms with Crippen LogP contribution in [-0.2, 0) is 0 Å². The van der Waals surface area contributed by atoms with Crippen molar-refractivity contribution in [3.8, 4) is 5.69 Å².